The number of dihydropyridines is 1. The van der Waals surface area contributed by atoms with Crippen molar-refractivity contribution in [3.8, 4) is 5.75 Å². The van der Waals surface area contributed by atoms with Gasteiger partial charge in [0.2, 0.25) is 11.8 Å². The molecule has 2 aromatic carbocycles. The molecule has 8 nitrogen and oxygen atoms in total. The zero-order valence-electron chi connectivity index (χ0n) is 25.7. The lowest BCUT2D eigenvalue weighted by atomic mass is 9.67. The molecule has 0 saturated heterocycles. The average molecular weight is 572 g/mol. The number of carbonyl (C=O) groups excluding carboxylic acids is 2. The number of unbranched alkanes of at least 4 members (excludes halogenated alkanes) is 3. The molecule has 1 aromatic heterocycles. The van der Waals surface area contributed by atoms with Gasteiger partial charge in [-0.3, -0.25) is 14.6 Å². The fourth-order valence-electron chi connectivity index (χ4n) is 6.54. The van der Waals surface area contributed by atoms with E-state index in [1.165, 1.54) is 6.08 Å². The number of aliphatic imine (C=N–C) groups is 1. The zero-order chi connectivity index (χ0) is 30.4. The van der Waals surface area contributed by atoms with Crippen LogP contribution in [0.5, 0.6) is 5.75 Å². The summed E-state index contributed by atoms with van der Waals surface area (Å²) in [6.45, 7) is 13.4. The summed E-state index contributed by atoms with van der Waals surface area (Å²) in [4.78, 5) is 33.7. The maximum absolute atomic E-state index is 13.5. The third-order valence-corrected chi connectivity index (χ3v) is 8.52. The number of rotatable bonds is 14. The number of ether oxygens (including phenoxy) is 1. The Bertz CT molecular complexity index is 1500. The highest BCUT2D eigenvalue weighted by Gasteiger charge is 2.53. The van der Waals surface area contributed by atoms with Crippen molar-refractivity contribution >= 4 is 34.6 Å². The van der Waals surface area contributed by atoms with E-state index < -0.39 is 23.3 Å². The SMILES string of the molecule is CCCCCCOc1cc(N(CC)CC)ccc1C1(c2c(C)n(CC)c3ccccc23)N=CC=C(C(N)=O)C1C(N)=O. The van der Waals surface area contributed by atoms with Gasteiger partial charge in [-0.15, -0.1) is 0 Å². The highest BCUT2D eigenvalue weighted by atomic mass is 16.5. The molecule has 2 heterocycles. The molecule has 2 atom stereocenters. The van der Waals surface area contributed by atoms with Crippen LogP contribution in [0, 0.1) is 12.8 Å². The molecule has 1 aliphatic heterocycles. The van der Waals surface area contributed by atoms with Crippen molar-refractivity contribution in [2.45, 2.75) is 72.4 Å². The lowest BCUT2D eigenvalue weighted by Crippen LogP contribution is -2.48. The zero-order valence-corrected chi connectivity index (χ0v) is 25.7. The number of anilines is 1. The highest BCUT2D eigenvalue weighted by Crippen LogP contribution is 2.52. The summed E-state index contributed by atoms with van der Waals surface area (Å²) >= 11 is 0. The van der Waals surface area contributed by atoms with Gasteiger partial charge in [-0.05, 0) is 52.3 Å². The summed E-state index contributed by atoms with van der Waals surface area (Å²) in [6, 6.07) is 14.1. The second-order valence-electron chi connectivity index (χ2n) is 10.8. The van der Waals surface area contributed by atoms with E-state index in [2.05, 4.69) is 43.2 Å². The first kappa shape index (κ1) is 30.9. The summed E-state index contributed by atoms with van der Waals surface area (Å²) in [6.07, 6.45) is 7.32. The lowest BCUT2D eigenvalue weighted by molar-refractivity contribution is -0.125. The van der Waals surface area contributed by atoms with E-state index in [0.29, 0.717) is 24.5 Å². The Balaban J connectivity index is 2.09. The monoisotopic (exact) mass is 571 g/mol. The van der Waals surface area contributed by atoms with Crippen LogP contribution in [-0.4, -0.2) is 42.3 Å². The van der Waals surface area contributed by atoms with Gasteiger partial charge in [-0.1, -0.05) is 50.5 Å². The second kappa shape index (κ2) is 13.3. The van der Waals surface area contributed by atoms with Crippen LogP contribution in [0.3, 0.4) is 0 Å². The van der Waals surface area contributed by atoms with Crippen molar-refractivity contribution in [2.24, 2.45) is 22.4 Å². The van der Waals surface area contributed by atoms with Crippen molar-refractivity contribution < 1.29 is 14.3 Å². The van der Waals surface area contributed by atoms with Crippen molar-refractivity contribution in [2.75, 3.05) is 24.6 Å². The maximum atomic E-state index is 13.5. The quantitative estimate of drug-likeness (QED) is 0.245. The Hall–Kier alpha value is -4.07. The van der Waals surface area contributed by atoms with Gasteiger partial charge in [-0.2, -0.15) is 0 Å². The molecule has 2 unspecified atom stereocenters. The van der Waals surface area contributed by atoms with Crippen LogP contribution >= 0.6 is 0 Å². The first-order valence-electron chi connectivity index (χ1n) is 15.2. The summed E-state index contributed by atoms with van der Waals surface area (Å²) in [5.41, 5.74) is 15.3. The topological polar surface area (TPSA) is 116 Å². The number of nitrogens with zero attached hydrogens (tertiary/aromatic N) is 3. The van der Waals surface area contributed by atoms with Gasteiger partial charge in [0.15, 0.2) is 0 Å². The number of primary amides is 2. The second-order valence-corrected chi connectivity index (χ2v) is 10.8. The molecular formula is C34H45N5O3. The molecule has 0 fully saturated rings. The number of para-hydroxylation sites is 1. The van der Waals surface area contributed by atoms with Gasteiger partial charge in [-0.25, -0.2) is 0 Å². The van der Waals surface area contributed by atoms with Gasteiger partial charge in [0.05, 0.1) is 6.61 Å². The number of nitrogens with two attached hydrogens (primary N) is 2. The van der Waals surface area contributed by atoms with Crippen molar-refractivity contribution in [1.82, 2.24) is 4.57 Å². The van der Waals surface area contributed by atoms with E-state index in [9.17, 15) is 9.59 Å². The van der Waals surface area contributed by atoms with Gasteiger partial charge in [0, 0.05) is 70.9 Å². The van der Waals surface area contributed by atoms with Crippen molar-refractivity contribution in [3.05, 3.63) is 70.9 Å². The van der Waals surface area contributed by atoms with Crippen LogP contribution in [0.1, 0.15) is 70.2 Å². The minimum atomic E-state index is -1.38. The van der Waals surface area contributed by atoms with Gasteiger partial charge < -0.3 is 25.7 Å². The van der Waals surface area contributed by atoms with E-state index in [-0.39, 0.29) is 5.57 Å². The minimum Gasteiger partial charge on any atom is -0.493 e. The van der Waals surface area contributed by atoms with E-state index in [1.807, 2.05) is 43.3 Å². The third-order valence-electron chi connectivity index (χ3n) is 8.52. The largest absolute Gasteiger partial charge is 0.493 e. The number of aromatic nitrogens is 1. The molecule has 224 valence electrons. The molecule has 0 spiro atoms. The Kier molecular flexibility index (Phi) is 9.76. The Morgan fingerprint density at radius 1 is 1.02 bits per heavy atom. The van der Waals surface area contributed by atoms with E-state index in [4.69, 9.17) is 21.2 Å². The fraction of sp³-hybridized carbons (Fsp3) is 0.441. The number of fused-ring (bicyclic) bond motifs is 1. The first-order chi connectivity index (χ1) is 20.3. The highest BCUT2D eigenvalue weighted by molar-refractivity contribution is 6.05. The smallest absolute Gasteiger partial charge is 0.245 e. The standard InChI is InChI=1S/C34H45N5O3/c1-6-10-11-14-21-42-29-22-24(38(7-2)8-3)17-18-27(29)34(31(33(36)41)26(32(35)40)19-20-37-34)30-23(5)39(9-4)28-16-13-12-15-25(28)30/h12-13,15-20,22,31H,6-11,14,21H2,1-5H3,(H2,35,40)(H2,36,41). The molecular weight excluding hydrogens is 526 g/mol. The normalized spacial score (nSPS) is 18.2. The first-order valence-corrected chi connectivity index (χ1v) is 15.2. The molecule has 0 bridgehead atoms. The lowest BCUT2D eigenvalue weighted by Gasteiger charge is -2.40. The third kappa shape index (κ3) is 5.42. The van der Waals surface area contributed by atoms with Crippen LogP contribution in [0.15, 0.2) is 59.1 Å². The van der Waals surface area contributed by atoms with E-state index in [1.54, 1.807) is 6.21 Å². The predicted octanol–water partition coefficient (Wildman–Crippen LogP) is 5.62. The van der Waals surface area contributed by atoms with Crippen LogP contribution in [-0.2, 0) is 21.7 Å². The van der Waals surface area contributed by atoms with Crippen LogP contribution in [0.25, 0.3) is 10.9 Å². The molecule has 0 aliphatic carbocycles. The van der Waals surface area contributed by atoms with Crippen molar-refractivity contribution in [3.63, 3.8) is 0 Å². The van der Waals surface area contributed by atoms with Crippen LogP contribution in [0.2, 0.25) is 0 Å². The Labute approximate surface area is 249 Å². The molecule has 0 radical (unpaired) electrons. The predicted molar refractivity (Wildman–Crippen MR) is 171 cm³/mol. The minimum absolute atomic E-state index is 0.131. The molecule has 4 rings (SSSR count). The number of benzene rings is 2. The summed E-state index contributed by atoms with van der Waals surface area (Å²) < 4.78 is 8.78. The Morgan fingerprint density at radius 2 is 1.76 bits per heavy atom. The van der Waals surface area contributed by atoms with Crippen molar-refractivity contribution in [1.29, 1.82) is 0 Å². The number of aryl methyl sites for hydroxylation is 1. The number of hydrogen-bond acceptors (Lipinski definition) is 5. The summed E-state index contributed by atoms with van der Waals surface area (Å²) in [5.74, 6) is -1.89. The van der Waals surface area contributed by atoms with Crippen LogP contribution in [0.4, 0.5) is 5.69 Å². The molecule has 1 aliphatic rings. The Morgan fingerprint density at radius 3 is 2.40 bits per heavy atom. The van der Waals surface area contributed by atoms with E-state index in [0.717, 1.165) is 66.6 Å². The molecule has 42 heavy (non-hydrogen) atoms. The molecule has 0 saturated carbocycles. The number of hydrogen-bond donors (Lipinski definition) is 2. The molecule has 3 aromatic rings. The van der Waals surface area contributed by atoms with Gasteiger partial charge >= 0.3 is 0 Å². The number of carbonyl (C=O) groups is 2. The molecule has 8 heteroatoms. The fourth-order valence-corrected chi connectivity index (χ4v) is 6.54. The van der Waals surface area contributed by atoms with Crippen LogP contribution < -0.4 is 21.1 Å². The molecule has 2 amide bonds. The average Bonchev–Trinajstić information content (AvgIpc) is 3.28. The summed E-state index contributed by atoms with van der Waals surface area (Å²) in [5, 5.41) is 0.938. The maximum Gasteiger partial charge on any atom is 0.245 e. The van der Waals surface area contributed by atoms with E-state index >= 15 is 0 Å². The molecule has 4 N–H and O–H groups in total. The summed E-state index contributed by atoms with van der Waals surface area (Å²) in [7, 11) is 0. The van der Waals surface area contributed by atoms with Gasteiger partial charge in [0.1, 0.15) is 17.2 Å². The number of amides is 2. The van der Waals surface area contributed by atoms with Gasteiger partial charge in [0.25, 0.3) is 0 Å². The number of allylic oxidation sites excluding steroid dienone is 1.